The number of amides is 2. The lowest BCUT2D eigenvalue weighted by atomic mass is 10.3. The first-order valence-corrected chi connectivity index (χ1v) is 10.6. The first kappa shape index (κ1) is 19.9. The van der Waals surface area contributed by atoms with Gasteiger partial charge in [0, 0.05) is 40.7 Å². The molecule has 1 fully saturated rings. The average Bonchev–Trinajstić information content (AvgIpc) is 3.08. The van der Waals surface area contributed by atoms with E-state index in [-0.39, 0.29) is 17.6 Å². The Bertz CT molecular complexity index is 830. The molecule has 2 amide bonds. The SMILES string of the molecule is COc1ccc(Sc2ccc(NC(=O)CCN3CCSC3=O)cc2Cl)cc1. The van der Waals surface area contributed by atoms with Gasteiger partial charge in [0.15, 0.2) is 0 Å². The molecule has 1 aliphatic heterocycles. The van der Waals surface area contributed by atoms with Gasteiger partial charge in [-0.3, -0.25) is 9.59 Å². The van der Waals surface area contributed by atoms with Crippen LogP contribution in [0.4, 0.5) is 10.5 Å². The summed E-state index contributed by atoms with van der Waals surface area (Å²) in [5.41, 5.74) is 0.645. The van der Waals surface area contributed by atoms with Crippen molar-refractivity contribution in [3.8, 4) is 5.75 Å². The number of benzene rings is 2. The van der Waals surface area contributed by atoms with E-state index in [0.717, 1.165) is 21.3 Å². The van der Waals surface area contributed by atoms with Crippen molar-refractivity contribution in [2.75, 3.05) is 31.3 Å². The lowest BCUT2D eigenvalue weighted by Gasteiger charge is -2.14. The van der Waals surface area contributed by atoms with Crippen LogP contribution in [-0.2, 0) is 4.79 Å². The molecule has 1 heterocycles. The molecule has 27 heavy (non-hydrogen) atoms. The van der Waals surface area contributed by atoms with Crippen LogP contribution in [-0.4, -0.2) is 42.0 Å². The molecule has 2 aromatic carbocycles. The zero-order chi connectivity index (χ0) is 19.2. The van der Waals surface area contributed by atoms with Crippen LogP contribution in [0.2, 0.25) is 5.02 Å². The van der Waals surface area contributed by atoms with Crippen LogP contribution in [0, 0.1) is 0 Å². The third kappa shape index (κ3) is 5.57. The molecule has 1 N–H and O–H groups in total. The Balaban J connectivity index is 1.55. The van der Waals surface area contributed by atoms with Crippen LogP contribution in [0.1, 0.15) is 6.42 Å². The quantitative estimate of drug-likeness (QED) is 0.680. The lowest BCUT2D eigenvalue weighted by Crippen LogP contribution is -2.27. The van der Waals surface area contributed by atoms with Gasteiger partial charge in [-0.2, -0.15) is 0 Å². The van der Waals surface area contributed by atoms with E-state index in [9.17, 15) is 9.59 Å². The Morgan fingerprint density at radius 1 is 1.30 bits per heavy atom. The van der Waals surface area contributed by atoms with Crippen LogP contribution in [0.3, 0.4) is 0 Å². The Kier molecular flexibility index (Phi) is 6.93. The molecule has 0 bridgehead atoms. The molecule has 3 rings (SSSR count). The van der Waals surface area contributed by atoms with Gasteiger partial charge in [0.25, 0.3) is 5.24 Å². The number of nitrogens with one attached hydrogen (secondary N) is 1. The number of hydrogen-bond donors (Lipinski definition) is 1. The van der Waals surface area contributed by atoms with Crippen molar-refractivity contribution in [3.63, 3.8) is 0 Å². The second-order valence-electron chi connectivity index (χ2n) is 5.82. The molecule has 0 atom stereocenters. The van der Waals surface area contributed by atoms with Gasteiger partial charge in [0.2, 0.25) is 5.91 Å². The largest absolute Gasteiger partial charge is 0.497 e. The van der Waals surface area contributed by atoms with Gasteiger partial charge < -0.3 is 15.0 Å². The van der Waals surface area contributed by atoms with Gasteiger partial charge in [-0.05, 0) is 42.5 Å². The highest BCUT2D eigenvalue weighted by Crippen LogP contribution is 2.35. The van der Waals surface area contributed by atoms with Crippen LogP contribution in [0.25, 0.3) is 0 Å². The van der Waals surface area contributed by atoms with Gasteiger partial charge >= 0.3 is 0 Å². The molecule has 1 saturated heterocycles. The summed E-state index contributed by atoms with van der Waals surface area (Å²) in [6.45, 7) is 1.15. The molecule has 142 valence electrons. The van der Waals surface area contributed by atoms with E-state index in [0.29, 0.717) is 23.8 Å². The Morgan fingerprint density at radius 3 is 2.70 bits per heavy atom. The third-order valence-corrected chi connectivity index (χ3v) is 6.36. The number of anilines is 1. The number of thioether (sulfide) groups is 1. The maximum Gasteiger partial charge on any atom is 0.281 e. The highest BCUT2D eigenvalue weighted by Gasteiger charge is 2.21. The second kappa shape index (κ2) is 9.39. The van der Waals surface area contributed by atoms with E-state index in [2.05, 4.69) is 5.32 Å². The summed E-state index contributed by atoms with van der Waals surface area (Å²) < 4.78 is 5.16. The van der Waals surface area contributed by atoms with Crippen LogP contribution < -0.4 is 10.1 Å². The smallest absolute Gasteiger partial charge is 0.281 e. The first-order valence-electron chi connectivity index (χ1n) is 8.38. The molecule has 0 unspecified atom stereocenters. The van der Waals surface area contributed by atoms with Gasteiger partial charge in [-0.15, -0.1) is 0 Å². The Morgan fingerprint density at radius 2 is 2.07 bits per heavy atom. The number of carbonyl (C=O) groups is 2. The van der Waals surface area contributed by atoms with E-state index in [1.54, 1.807) is 29.8 Å². The molecule has 8 heteroatoms. The molecule has 5 nitrogen and oxygen atoms in total. The van der Waals surface area contributed by atoms with Crippen molar-refractivity contribution in [1.29, 1.82) is 0 Å². The minimum Gasteiger partial charge on any atom is -0.497 e. The summed E-state index contributed by atoms with van der Waals surface area (Å²) in [5, 5.41) is 3.45. The summed E-state index contributed by atoms with van der Waals surface area (Å²) in [5.74, 6) is 1.47. The predicted octanol–water partition coefficient (Wildman–Crippen LogP) is 5.00. The van der Waals surface area contributed by atoms with E-state index in [1.807, 2.05) is 36.4 Å². The van der Waals surface area contributed by atoms with Crippen LogP contribution in [0.15, 0.2) is 52.3 Å². The summed E-state index contributed by atoms with van der Waals surface area (Å²) in [4.78, 5) is 27.3. The Hall–Kier alpha value is -1.83. The number of methoxy groups -OCH3 is 1. The molecule has 0 saturated carbocycles. The molecule has 0 aliphatic carbocycles. The molecule has 1 aliphatic rings. The number of rotatable bonds is 7. The van der Waals surface area contributed by atoms with Crippen molar-refractivity contribution in [2.24, 2.45) is 0 Å². The zero-order valence-corrected chi connectivity index (χ0v) is 17.1. The molecule has 2 aromatic rings. The number of nitrogens with zero attached hydrogens (tertiary/aromatic N) is 1. The molecular weight excluding hydrogens is 404 g/mol. The van der Waals surface area contributed by atoms with E-state index >= 15 is 0 Å². The monoisotopic (exact) mass is 422 g/mol. The lowest BCUT2D eigenvalue weighted by molar-refractivity contribution is -0.116. The zero-order valence-electron chi connectivity index (χ0n) is 14.7. The van der Waals surface area contributed by atoms with E-state index < -0.39 is 0 Å². The van der Waals surface area contributed by atoms with Gasteiger partial charge in [0.1, 0.15) is 5.75 Å². The summed E-state index contributed by atoms with van der Waals surface area (Å²) in [7, 11) is 1.63. The summed E-state index contributed by atoms with van der Waals surface area (Å²) in [6, 6.07) is 13.2. The Labute approximate surface area is 171 Å². The van der Waals surface area contributed by atoms with Crippen molar-refractivity contribution < 1.29 is 14.3 Å². The molecule has 0 radical (unpaired) electrons. The second-order valence-corrected chi connectivity index (χ2v) is 8.39. The minimum atomic E-state index is -0.133. The highest BCUT2D eigenvalue weighted by molar-refractivity contribution is 8.13. The van der Waals surface area contributed by atoms with Gasteiger partial charge in [-0.1, -0.05) is 35.1 Å². The minimum absolute atomic E-state index is 0.0470. The fraction of sp³-hybridized carbons (Fsp3) is 0.263. The van der Waals surface area contributed by atoms with E-state index in [1.165, 1.54) is 11.8 Å². The standard InChI is InChI=1S/C19H19ClN2O3S2/c1-25-14-3-5-15(6-4-14)27-17-7-2-13(12-16(17)20)21-18(23)8-9-22-10-11-26-19(22)24/h2-7,12H,8-11H2,1H3,(H,21,23). The van der Waals surface area contributed by atoms with Crippen molar-refractivity contribution in [1.82, 2.24) is 4.90 Å². The van der Waals surface area contributed by atoms with E-state index in [4.69, 9.17) is 16.3 Å². The number of ether oxygens (including phenoxy) is 1. The number of halogens is 1. The summed E-state index contributed by atoms with van der Waals surface area (Å²) in [6.07, 6.45) is 0.270. The van der Waals surface area contributed by atoms with Crippen LogP contribution in [0.5, 0.6) is 5.75 Å². The van der Waals surface area contributed by atoms with Gasteiger partial charge in [0.05, 0.1) is 12.1 Å². The van der Waals surface area contributed by atoms with Crippen molar-refractivity contribution >= 4 is 52.0 Å². The average molecular weight is 423 g/mol. The van der Waals surface area contributed by atoms with Crippen molar-refractivity contribution in [2.45, 2.75) is 16.2 Å². The molecular formula is C19H19ClN2O3S2. The maximum absolute atomic E-state index is 12.1. The normalized spacial score (nSPS) is 13.7. The van der Waals surface area contributed by atoms with Gasteiger partial charge in [-0.25, -0.2) is 0 Å². The number of carbonyl (C=O) groups excluding carboxylic acids is 2. The maximum atomic E-state index is 12.1. The first-order chi connectivity index (χ1) is 13.0. The van der Waals surface area contributed by atoms with Crippen LogP contribution >= 0.6 is 35.1 Å². The molecule has 0 aromatic heterocycles. The fourth-order valence-electron chi connectivity index (χ4n) is 2.52. The third-order valence-electron chi connectivity index (χ3n) is 3.96. The van der Waals surface area contributed by atoms with Crippen molar-refractivity contribution in [3.05, 3.63) is 47.5 Å². The highest BCUT2D eigenvalue weighted by atomic mass is 35.5. The summed E-state index contributed by atoms with van der Waals surface area (Å²) >= 11 is 9.21. The molecule has 0 spiro atoms. The fourth-order valence-corrected chi connectivity index (χ4v) is 4.49. The predicted molar refractivity (Wildman–Crippen MR) is 111 cm³/mol. The topological polar surface area (TPSA) is 58.6 Å². The number of hydrogen-bond acceptors (Lipinski definition) is 5.